The van der Waals surface area contributed by atoms with Gasteiger partial charge < -0.3 is 14.6 Å². The molecule has 1 N–H and O–H groups in total. The molecule has 2 aliphatic rings. The highest BCUT2D eigenvalue weighted by atomic mass is 32.2. The van der Waals surface area contributed by atoms with E-state index in [-0.39, 0.29) is 17.2 Å². The van der Waals surface area contributed by atoms with Crippen LogP contribution in [-0.4, -0.2) is 40.3 Å². The normalized spacial score (nSPS) is 24.9. The first-order valence-corrected chi connectivity index (χ1v) is 8.59. The van der Waals surface area contributed by atoms with Gasteiger partial charge in [-0.15, -0.1) is 11.8 Å². The van der Waals surface area contributed by atoms with E-state index in [0.29, 0.717) is 17.6 Å². The number of carbonyl (C=O) groups excluding carboxylic acids is 1. The molecule has 2 saturated heterocycles. The Morgan fingerprint density at radius 2 is 2.19 bits per heavy atom. The third-order valence-electron chi connectivity index (χ3n) is 4.07. The number of amides is 1. The van der Waals surface area contributed by atoms with Crippen molar-refractivity contribution in [2.75, 3.05) is 19.0 Å². The minimum atomic E-state index is -0.191. The van der Waals surface area contributed by atoms with Gasteiger partial charge in [-0.25, -0.2) is 0 Å². The van der Waals surface area contributed by atoms with Gasteiger partial charge in [-0.05, 0) is 44.3 Å². The lowest BCUT2D eigenvalue weighted by Crippen LogP contribution is -2.39. The molecule has 2 aliphatic heterocycles. The predicted molar refractivity (Wildman–Crippen MR) is 78.9 cm³/mol. The van der Waals surface area contributed by atoms with Crippen LogP contribution in [0.3, 0.4) is 0 Å². The molecular formula is C14H21N3O3S. The zero-order valence-corrected chi connectivity index (χ0v) is 13.0. The maximum atomic E-state index is 12.4. The summed E-state index contributed by atoms with van der Waals surface area (Å²) in [4.78, 5) is 16.8. The summed E-state index contributed by atoms with van der Waals surface area (Å²) >= 11 is 1.74. The monoisotopic (exact) mass is 311 g/mol. The molecule has 0 unspecified atom stereocenters. The van der Waals surface area contributed by atoms with Gasteiger partial charge in [0.15, 0.2) is 5.82 Å². The minimum absolute atomic E-state index is 0.0661. The molecule has 1 amide bonds. The van der Waals surface area contributed by atoms with E-state index in [1.54, 1.807) is 18.7 Å². The van der Waals surface area contributed by atoms with Gasteiger partial charge in [0.05, 0.1) is 5.25 Å². The highest BCUT2D eigenvalue weighted by molar-refractivity contribution is 8.00. The van der Waals surface area contributed by atoms with Crippen LogP contribution in [0.4, 0.5) is 0 Å². The number of aromatic nitrogens is 2. The number of nitrogens with one attached hydrogen (secondary N) is 1. The molecule has 116 valence electrons. The van der Waals surface area contributed by atoms with E-state index >= 15 is 0 Å². The van der Waals surface area contributed by atoms with Crippen LogP contribution in [0, 0.1) is 12.8 Å². The molecule has 6 nitrogen and oxygen atoms in total. The molecule has 0 bridgehead atoms. The fraction of sp³-hybridized carbons (Fsp3) is 0.786. The fourth-order valence-corrected chi connectivity index (χ4v) is 4.07. The molecule has 2 fully saturated rings. The topological polar surface area (TPSA) is 77.2 Å². The van der Waals surface area contributed by atoms with Crippen molar-refractivity contribution >= 4 is 17.7 Å². The average molecular weight is 311 g/mol. The largest absolute Gasteiger partial charge is 0.381 e. The second kappa shape index (κ2) is 6.79. The Bertz CT molecular complexity index is 482. The summed E-state index contributed by atoms with van der Waals surface area (Å²) in [5.41, 5.74) is 0. The summed E-state index contributed by atoms with van der Waals surface area (Å²) in [6.07, 6.45) is 3.89. The molecule has 0 saturated carbocycles. The van der Waals surface area contributed by atoms with E-state index in [1.165, 1.54) is 0 Å². The van der Waals surface area contributed by atoms with Crippen LogP contribution in [0.25, 0.3) is 0 Å². The van der Waals surface area contributed by atoms with Crippen LogP contribution >= 0.6 is 11.8 Å². The first-order valence-electron chi connectivity index (χ1n) is 7.54. The van der Waals surface area contributed by atoms with E-state index in [0.717, 1.165) is 44.6 Å². The Hall–Kier alpha value is -1.08. The molecule has 0 aromatic carbocycles. The van der Waals surface area contributed by atoms with Gasteiger partial charge >= 0.3 is 0 Å². The number of nitrogens with zero attached hydrogens (tertiary/aromatic N) is 2. The fourth-order valence-electron chi connectivity index (χ4n) is 2.90. The molecule has 2 atom stereocenters. The van der Waals surface area contributed by atoms with Gasteiger partial charge in [-0.1, -0.05) is 5.16 Å². The van der Waals surface area contributed by atoms with Gasteiger partial charge in [0.2, 0.25) is 11.8 Å². The van der Waals surface area contributed by atoms with E-state index in [2.05, 4.69) is 15.5 Å². The van der Waals surface area contributed by atoms with E-state index < -0.39 is 0 Å². The lowest BCUT2D eigenvalue weighted by atomic mass is 9.91. The number of hydrogen-bond donors (Lipinski definition) is 1. The number of rotatable bonds is 4. The van der Waals surface area contributed by atoms with Crippen molar-refractivity contribution in [1.29, 1.82) is 0 Å². The molecule has 0 spiro atoms. The third-order valence-corrected chi connectivity index (χ3v) is 5.44. The first kappa shape index (κ1) is 14.8. The van der Waals surface area contributed by atoms with E-state index in [1.807, 2.05) is 0 Å². The SMILES string of the molecule is Cc1noc([C@H](NC(=O)[C@H]2CCCS2)C2CCOCC2)n1. The highest BCUT2D eigenvalue weighted by Crippen LogP contribution is 2.31. The highest BCUT2D eigenvalue weighted by Gasteiger charge is 2.33. The maximum Gasteiger partial charge on any atom is 0.249 e. The van der Waals surface area contributed by atoms with Crippen LogP contribution in [0.1, 0.15) is 43.4 Å². The number of thioether (sulfide) groups is 1. The Morgan fingerprint density at radius 3 is 2.81 bits per heavy atom. The molecule has 3 rings (SSSR count). The Morgan fingerprint density at radius 1 is 1.38 bits per heavy atom. The molecule has 7 heteroatoms. The minimum Gasteiger partial charge on any atom is -0.381 e. The second-order valence-electron chi connectivity index (χ2n) is 5.62. The third kappa shape index (κ3) is 3.58. The number of carbonyl (C=O) groups is 1. The van der Waals surface area contributed by atoms with Crippen molar-refractivity contribution in [3.8, 4) is 0 Å². The van der Waals surface area contributed by atoms with Gasteiger partial charge in [-0.3, -0.25) is 4.79 Å². The summed E-state index contributed by atoms with van der Waals surface area (Å²) in [7, 11) is 0. The zero-order chi connectivity index (χ0) is 14.7. The number of hydrogen-bond acceptors (Lipinski definition) is 6. The van der Waals surface area contributed by atoms with Crippen molar-refractivity contribution in [1.82, 2.24) is 15.5 Å². The van der Waals surface area contributed by atoms with Crippen molar-refractivity contribution in [3.63, 3.8) is 0 Å². The van der Waals surface area contributed by atoms with E-state index in [4.69, 9.17) is 9.26 Å². The summed E-state index contributed by atoms with van der Waals surface area (Å²) in [5, 5.41) is 7.08. The molecule has 3 heterocycles. The molecule has 21 heavy (non-hydrogen) atoms. The number of aryl methyl sites for hydroxylation is 1. The van der Waals surface area contributed by atoms with Crippen LogP contribution in [0.15, 0.2) is 4.52 Å². The molecule has 0 aliphatic carbocycles. The first-order chi connectivity index (χ1) is 10.2. The maximum absolute atomic E-state index is 12.4. The smallest absolute Gasteiger partial charge is 0.249 e. The van der Waals surface area contributed by atoms with Crippen LogP contribution < -0.4 is 5.32 Å². The lowest BCUT2D eigenvalue weighted by molar-refractivity contribution is -0.122. The standard InChI is InChI=1S/C14H21N3O3S/c1-9-15-14(20-17-9)12(10-4-6-19-7-5-10)16-13(18)11-3-2-8-21-11/h10-12H,2-8H2,1H3,(H,16,18)/t11-,12-/m1/s1. The van der Waals surface area contributed by atoms with E-state index in [9.17, 15) is 4.79 Å². The van der Waals surface area contributed by atoms with Gasteiger partial charge in [0.1, 0.15) is 6.04 Å². The summed E-state index contributed by atoms with van der Waals surface area (Å²) in [6.45, 7) is 3.24. The van der Waals surface area contributed by atoms with Crippen molar-refractivity contribution in [3.05, 3.63) is 11.7 Å². The van der Waals surface area contributed by atoms with Gasteiger partial charge in [0.25, 0.3) is 0 Å². The summed E-state index contributed by atoms with van der Waals surface area (Å²) in [5.74, 6) is 2.60. The zero-order valence-electron chi connectivity index (χ0n) is 12.2. The lowest BCUT2D eigenvalue weighted by Gasteiger charge is -2.29. The van der Waals surface area contributed by atoms with Crippen molar-refractivity contribution in [2.45, 2.75) is 43.9 Å². The molecule has 1 aromatic heterocycles. The molecular weight excluding hydrogens is 290 g/mol. The van der Waals surface area contributed by atoms with Crippen molar-refractivity contribution < 1.29 is 14.1 Å². The van der Waals surface area contributed by atoms with Crippen LogP contribution in [0.5, 0.6) is 0 Å². The van der Waals surface area contributed by atoms with Crippen LogP contribution in [0.2, 0.25) is 0 Å². The second-order valence-corrected chi connectivity index (χ2v) is 6.93. The molecule has 0 radical (unpaired) electrons. The Balaban J connectivity index is 1.73. The predicted octanol–water partition coefficient (Wildman–Crippen LogP) is 1.86. The van der Waals surface area contributed by atoms with Crippen LogP contribution in [-0.2, 0) is 9.53 Å². The quantitative estimate of drug-likeness (QED) is 0.914. The van der Waals surface area contributed by atoms with Gasteiger partial charge in [-0.2, -0.15) is 4.98 Å². The summed E-state index contributed by atoms with van der Waals surface area (Å²) < 4.78 is 10.7. The summed E-state index contributed by atoms with van der Waals surface area (Å²) in [6, 6.07) is -0.191. The van der Waals surface area contributed by atoms with Gasteiger partial charge in [0, 0.05) is 13.2 Å². The molecule has 1 aromatic rings. The van der Waals surface area contributed by atoms with Crippen molar-refractivity contribution in [2.24, 2.45) is 5.92 Å². The number of ether oxygens (including phenoxy) is 1. The average Bonchev–Trinajstić information content (AvgIpc) is 3.17. The Labute approximate surface area is 128 Å². The Kier molecular flexibility index (Phi) is 4.80.